The fourth-order valence-electron chi connectivity index (χ4n) is 2.21. The van der Waals surface area contributed by atoms with E-state index in [4.69, 9.17) is 4.42 Å². The molecule has 0 atom stereocenters. The van der Waals surface area contributed by atoms with Crippen molar-refractivity contribution < 1.29 is 22.4 Å². The van der Waals surface area contributed by atoms with Gasteiger partial charge in [0.05, 0.1) is 24.1 Å². The number of rotatable bonds is 8. The standard InChI is InChI=1S/C17H17N5O5S2/c1-2-14(23)19-16-20-21-17(28-16)29(25,26)22-13-8-4-3-7-12(13)15(24)18-10-11-6-5-9-27-11/h3-9,22H,2,10H2,1H3,(H,18,24)(H,19,20,23). The third-order valence-corrected chi connectivity index (χ3v) is 6.19. The molecule has 10 nitrogen and oxygen atoms in total. The molecule has 0 saturated carbocycles. The van der Waals surface area contributed by atoms with Gasteiger partial charge in [0.2, 0.25) is 11.0 Å². The van der Waals surface area contributed by atoms with E-state index in [1.54, 1.807) is 31.2 Å². The first-order valence-electron chi connectivity index (χ1n) is 8.45. The Morgan fingerprint density at radius 2 is 1.93 bits per heavy atom. The number of amides is 2. The average molecular weight is 435 g/mol. The number of anilines is 2. The number of hydrogen-bond acceptors (Lipinski definition) is 8. The van der Waals surface area contributed by atoms with Crippen molar-refractivity contribution in [2.45, 2.75) is 24.2 Å². The summed E-state index contributed by atoms with van der Waals surface area (Å²) in [6.07, 6.45) is 1.71. The van der Waals surface area contributed by atoms with Gasteiger partial charge in [0.15, 0.2) is 0 Å². The Bertz CT molecular complexity index is 1110. The quantitative estimate of drug-likeness (QED) is 0.460. The largest absolute Gasteiger partial charge is 0.467 e. The Hall–Kier alpha value is -3.25. The summed E-state index contributed by atoms with van der Waals surface area (Å²) < 4.78 is 32.4. The number of aromatic nitrogens is 2. The number of para-hydroxylation sites is 1. The van der Waals surface area contributed by atoms with Crippen LogP contribution in [0.3, 0.4) is 0 Å². The van der Waals surface area contributed by atoms with Crippen LogP contribution in [0.15, 0.2) is 51.4 Å². The predicted octanol–water partition coefficient (Wildman–Crippen LogP) is 2.21. The van der Waals surface area contributed by atoms with Crippen LogP contribution in [0.1, 0.15) is 29.5 Å². The molecule has 0 aliphatic heterocycles. The van der Waals surface area contributed by atoms with Gasteiger partial charge in [-0.25, -0.2) is 0 Å². The number of benzene rings is 1. The van der Waals surface area contributed by atoms with Gasteiger partial charge in [-0.3, -0.25) is 14.3 Å². The Balaban J connectivity index is 1.75. The highest BCUT2D eigenvalue weighted by atomic mass is 32.2. The number of sulfonamides is 1. The maximum absolute atomic E-state index is 12.6. The minimum atomic E-state index is -4.10. The third kappa shape index (κ3) is 5.18. The van der Waals surface area contributed by atoms with Gasteiger partial charge in [0.1, 0.15) is 5.76 Å². The zero-order valence-corrected chi connectivity index (χ0v) is 16.8. The number of hydrogen-bond donors (Lipinski definition) is 3. The van der Waals surface area contributed by atoms with Crippen LogP contribution >= 0.6 is 11.3 Å². The molecule has 0 radical (unpaired) electrons. The minimum absolute atomic E-state index is 0.0710. The molecular formula is C17H17N5O5S2. The van der Waals surface area contributed by atoms with Gasteiger partial charge in [0, 0.05) is 6.42 Å². The summed E-state index contributed by atoms with van der Waals surface area (Å²) in [5.41, 5.74) is 0.213. The van der Waals surface area contributed by atoms with Gasteiger partial charge in [-0.15, -0.1) is 10.2 Å². The zero-order valence-electron chi connectivity index (χ0n) is 15.2. The molecule has 0 saturated heterocycles. The van der Waals surface area contributed by atoms with Crippen LogP contribution in [0.4, 0.5) is 10.8 Å². The monoisotopic (exact) mass is 435 g/mol. The topological polar surface area (TPSA) is 143 Å². The number of carbonyl (C=O) groups excluding carboxylic acids is 2. The first-order valence-corrected chi connectivity index (χ1v) is 10.7. The molecule has 3 rings (SSSR count). The van der Waals surface area contributed by atoms with E-state index >= 15 is 0 Å². The van der Waals surface area contributed by atoms with E-state index < -0.39 is 15.9 Å². The number of carbonyl (C=O) groups is 2. The van der Waals surface area contributed by atoms with Crippen molar-refractivity contribution in [2.75, 3.05) is 10.0 Å². The van der Waals surface area contributed by atoms with E-state index in [0.717, 1.165) is 0 Å². The van der Waals surface area contributed by atoms with Gasteiger partial charge in [-0.2, -0.15) is 8.42 Å². The molecule has 29 heavy (non-hydrogen) atoms. The van der Waals surface area contributed by atoms with Crippen molar-refractivity contribution >= 4 is 44.0 Å². The molecule has 0 fully saturated rings. The number of nitrogens with zero attached hydrogens (tertiary/aromatic N) is 2. The van der Waals surface area contributed by atoms with E-state index in [1.807, 2.05) is 0 Å². The molecule has 1 aromatic carbocycles. The van der Waals surface area contributed by atoms with Gasteiger partial charge in [-0.05, 0) is 24.3 Å². The Kier molecular flexibility index (Phi) is 6.24. The van der Waals surface area contributed by atoms with E-state index in [0.29, 0.717) is 17.1 Å². The van der Waals surface area contributed by atoms with Gasteiger partial charge in [0.25, 0.3) is 20.3 Å². The van der Waals surface area contributed by atoms with E-state index in [1.165, 1.54) is 18.4 Å². The van der Waals surface area contributed by atoms with Crippen molar-refractivity contribution in [3.63, 3.8) is 0 Å². The Morgan fingerprint density at radius 1 is 1.14 bits per heavy atom. The van der Waals surface area contributed by atoms with Crippen LogP contribution in [0, 0.1) is 0 Å². The first-order chi connectivity index (χ1) is 13.9. The Labute approximate surface area is 170 Å². The second-order valence-electron chi connectivity index (χ2n) is 5.69. The summed E-state index contributed by atoms with van der Waals surface area (Å²) in [6, 6.07) is 9.56. The highest BCUT2D eigenvalue weighted by Gasteiger charge is 2.23. The summed E-state index contributed by atoms with van der Waals surface area (Å²) in [6.45, 7) is 1.81. The molecule has 2 amide bonds. The summed E-state index contributed by atoms with van der Waals surface area (Å²) >= 11 is 0.708. The molecule has 0 spiro atoms. The van der Waals surface area contributed by atoms with Crippen LogP contribution in [-0.2, 0) is 21.4 Å². The van der Waals surface area contributed by atoms with Gasteiger partial charge >= 0.3 is 0 Å². The van der Waals surface area contributed by atoms with Gasteiger partial charge in [-0.1, -0.05) is 30.4 Å². The van der Waals surface area contributed by atoms with Crippen molar-refractivity contribution in [1.82, 2.24) is 15.5 Å². The second kappa shape index (κ2) is 8.84. The zero-order chi connectivity index (χ0) is 20.9. The normalized spacial score (nSPS) is 11.1. The molecular weight excluding hydrogens is 418 g/mol. The molecule has 152 valence electrons. The van der Waals surface area contributed by atoms with Crippen molar-refractivity contribution in [2.24, 2.45) is 0 Å². The van der Waals surface area contributed by atoms with Crippen molar-refractivity contribution in [1.29, 1.82) is 0 Å². The van der Waals surface area contributed by atoms with Crippen LogP contribution in [-0.4, -0.2) is 30.4 Å². The van der Waals surface area contributed by atoms with Crippen LogP contribution in [0.25, 0.3) is 0 Å². The second-order valence-corrected chi connectivity index (χ2v) is 8.52. The van der Waals surface area contributed by atoms with E-state index in [9.17, 15) is 18.0 Å². The lowest BCUT2D eigenvalue weighted by Gasteiger charge is -2.11. The van der Waals surface area contributed by atoms with Gasteiger partial charge < -0.3 is 15.1 Å². The van der Waals surface area contributed by atoms with Crippen molar-refractivity contribution in [3.8, 4) is 0 Å². The average Bonchev–Trinajstić information content (AvgIpc) is 3.38. The molecule has 2 heterocycles. The molecule has 3 N–H and O–H groups in total. The fourth-order valence-corrected chi connectivity index (χ4v) is 4.21. The first kappa shape index (κ1) is 20.5. The lowest BCUT2D eigenvalue weighted by atomic mass is 10.1. The molecule has 0 bridgehead atoms. The minimum Gasteiger partial charge on any atom is -0.467 e. The lowest BCUT2D eigenvalue weighted by molar-refractivity contribution is -0.115. The highest BCUT2D eigenvalue weighted by Crippen LogP contribution is 2.24. The maximum Gasteiger partial charge on any atom is 0.291 e. The van der Waals surface area contributed by atoms with Crippen LogP contribution in [0.2, 0.25) is 0 Å². The summed E-state index contributed by atoms with van der Waals surface area (Å²) in [5.74, 6) is -0.226. The molecule has 0 aliphatic carbocycles. The van der Waals surface area contributed by atoms with Crippen LogP contribution < -0.4 is 15.4 Å². The lowest BCUT2D eigenvalue weighted by Crippen LogP contribution is -2.24. The van der Waals surface area contributed by atoms with Crippen LogP contribution in [0.5, 0.6) is 0 Å². The predicted molar refractivity (Wildman–Crippen MR) is 106 cm³/mol. The molecule has 12 heteroatoms. The van der Waals surface area contributed by atoms with E-state index in [-0.39, 0.29) is 39.6 Å². The highest BCUT2D eigenvalue weighted by molar-refractivity contribution is 7.94. The summed E-state index contributed by atoms with van der Waals surface area (Å²) in [5, 5.41) is 12.4. The SMILES string of the molecule is CCC(=O)Nc1nnc(S(=O)(=O)Nc2ccccc2C(=O)NCc2ccco2)s1. The maximum atomic E-state index is 12.6. The fraction of sp³-hybridized carbons (Fsp3) is 0.176. The van der Waals surface area contributed by atoms with E-state index in [2.05, 4.69) is 25.6 Å². The molecule has 0 unspecified atom stereocenters. The number of nitrogens with one attached hydrogen (secondary N) is 3. The number of furan rings is 1. The molecule has 3 aromatic rings. The van der Waals surface area contributed by atoms with Crippen molar-refractivity contribution in [3.05, 3.63) is 54.0 Å². The smallest absolute Gasteiger partial charge is 0.291 e. The third-order valence-electron chi connectivity index (χ3n) is 3.62. The molecule has 2 aromatic heterocycles. The molecule has 0 aliphatic rings. The Morgan fingerprint density at radius 3 is 2.66 bits per heavy atom. The summed E-state index contributed by atoms with van der Waals surface area (Å²) in [7, 11) is -4.10. The summed E-state index contributed by atoms with van der Waals surface area (Å²) in [4.78, 5) is 23.9.